The van der Waals surface area contributed by atoms with E-state index < -0.39 is 5.91 Å². The van der Waals surface area contributed by atoms with Gasteiger partial charge in [-0.2, -0.15) is 5.26 Å². The molecule has 0 saturated carbocycles. The topological polar surface area (TPSA) is 88.1 Å². The van der Waals surface area contributed by atoms with Crippen LogP contribution in [0.2, 0.25) is 0 Å². The normalized spacial score (nSPS) is 10.9. The maximum absolute atomic E-state index is 12.0. The maximum atomic E-state index is 12.0. The van der Waals surface area contributed by atoms with Gasteiger partial charge < -0.3 is 14.5 Å². The van der Waals surface area contributed by atoms with E-state index in [4.69, 9.17) is 14.4 Å². The van der Waals surface area contributed by atoms with Gasteiger partial charge in [-0.3, -0.25) is 4.79 Å². The van der Waals surface area contributed by atoms with E-state index in [1.165, 1.54) is 12.3 Å². The molecular weight excluding hydrogens is 294 g/mol. The van der Waals surface area contributed by atoms with Crippen molar-refractivity contribution < 1.29 is 13.9 Å². The highest BCUT2D eigenvalue weighted by Crippen LogP contribution is 2.11. The summed E-state index contributed by atoms with van der Waals surface area (Å²) in [4.78, 5) is 15.9. The van der Waals surface area contributed by atoms with Crippen molar-refractivity contribution in [2.24, 2.45) is 0 Å². The van der Waals surface area contributed by atoms with Crippen molar-refractivity contribution in [3.05, 3.63) is 53.2 Å². The third-order valence-electron chi connectivity index (χ3n) is 3.15. The number of rotatable bonds is 6. The standard InChI is InChI=1S/C17H17N3O3/c1-12-20-11-16(23-12)9-14(10-18)17(21)19-8-7-13-3-5-15(22-2)6-4-13/h3-6,9,11H,7-8H2,1-2H3,(H,19,21)/b14-9-. The zero-order chi connectivity index (χ0) is 16.7. The first-order chi connectivity index (χ1) is 11.1. The number of benzene rings is 1. The number of aromatic nitrogens is 1. The molecule has 6 nitrogen and oxygen atoms in total. The van der Waals surface area contributed by atoms with Gasteiger partial charge in [0.05, 0.1) is 13.3 Å². The van der Waals surface area contributed by atoms with Crippen molar-refractivity contribution in [1.29, 1.82) is 5.26 Å². The third kappa shape index (κ3) is 4.71. The molecule has 0 aliphatic carbocycles. The molecule has 1 aromatic heterocycles. The molecular formula is C17H17N3O3. The summed E-state index contributed by atoms with van der Waals surface area (Å²) in [7, 11) is 1.61. The number of oxazole rings is 1. The lowest BCUT2D eigenvalue weighted by Gasteiger charge is -2.05. The van der Waals surface area contributed by atoms with Gasteiger partial charge in [0.25, 0.3) is 5.91 Å². The average molecular weight is 311 g/mol. The Kier molecular flexibility index (Phi) is 5.53. The minimum atomic E-state index is -0.435. The lowest BCUT2D eigenvalue weighted by atomic mass is 10.1. The first-order valence-corrected chi connectivity index (χ1v) is 7.07. The van der Waals surface area contributed by atoms with Gasteiger partial charge in [-0.25, -0.2) is 4.98 Å². The molecule has 1 heterocycles. The smallest absolute Gasteiger partial charge is 0.262 e. The maximum Gasteiger partial charge on any atom is 0.262 e. The van der Waals surface area contributed by atoms with Crippen LogP contribution in [0.5, 0.6) is 5.75 Å². The molecule has 2 aromatic rings. The second-order valence-corrected chi connectivity index (χ2v) is 4.81. The summed E-state index contributed by atoms with van der Waals surface area (Å²) in [5.74, 6) is 1.21. The zero-order valence-corrected chi connectivity index (χ0v) is 13.0. The molecule has 0 fully saturated rings. The average Bonchev–Trinajstić information content (AvgIpc) is 2.98. The predicted molar refractivity (Wildman–Crippen MR) is 84.5 cm³/mol. The molecule has 6 heteroatoms. The molecule has 23 heavy (non-hydrogen) atoms. The first kappa shape index (κ1) is 16.3. The van der Waals surface area contributed by atoms with Gasteiger partial charge in [-0.15, -0.1) is 0 Å². The second kappa shape index (κ2) is 7.80. The van der Waals surface area contributed by atoms with Crippen LogP contribution in [-0.4, -0.2) is 24.5 Å². The lowest BCUT2D eigenvalue weighted by Crippen LogP contribution is -2.26. The predicted octanol–water partition coefficient (Wildman–Crippen LogP) is 2.26. The Hall–Kier alpha value is -3.07. The van der Waals surface area contributed by atoms with Gasteiger partial charge in [0.15, 0.2) is 5.89 Å². The summed E-state index contributed by atoms with van der Waals surface area (Å²) in [6, 6.07) is 9.47. The number of hydrogen-bond donors (Lipinski definition) is 1. The van der Waals surface area contributed by atoms with Crippen LogP contribution in [0.15, 0.2) is 40.5 Å². The highest BCUT2D eigenvalue weighted by molar-refractivity contribution is 6.01. The van der Waals surface area contributed by atoms with Crippen LogP contribution in [0.1, 0.15) is 17.2 Å². The van der Waals surface area contributed by atoms with Crippen molar-refractivity contribution >= 4 is 12.0 Å². The summed E-state index contributed by atoms with van der Waals surface area (Å²) in [6.45, 7) is 2.12. The van der Waals surface area contributed by atoms with Gasteiger partial charge >= 0.3 is 0 Å². The van der Waals surface area contributed by atoms with Crippen molar-refractivity contribution in [3.8, 4) is 11.8 Å². The summed E-state index contributed by atoms with van der Waals surface area (Å²) in [5, 5.41) is 11.8. The van der Waals surface area contributed by atoms with Crippen molar-refractivity contribution in [1.82, 2.24) is 10.3 Å². The van der Waals surface area contributed by atoms with Crippen LogP contribution in [0, 0.1) is 18.3 Å². The number of hydrogen-bond acceptors (Lipinski definition) is 5. The largest absolute Gasteiger partial charge is 0.497 e. The van der Waals surface area contributed by atoms with Crippen LogP contribution in [-0.2, 0) is 11.2 Å². The molecule has 0 aliphatic rings. The van der Waals surface area contributed by atoms with E-state index >= 15 is 0 Å². The fourth-order valence-corrected chi connectivity index (χ4v) is 1.94. The van der Waals surface area contributed by atoms with Crippen molar-refractivity contribution in [2.75, 3.05) is 13.7 Å². The highest BCUT2D eigenvalue weighted by Gasteiger charge is 2.10. The van der Waals surface area contributed by atoms with E-state index in [0.717, 1.165) is 11.3 Å². The number of nitrogens with one attached hydrogen (secondary N) is 1. The number of aryl methyl sites for hydroxylation is 1. The number of carbonyl (C=O) groups is 1. The highest BCUT2D eigenvalue weighted by atomic mass is 16.5. The fourth-order valence-electron chi connectivity index (χ4n) is 1.94. The van der Waals surface area contributed by atoms with E-state index in [1.807, 2.05) is 30.3 Å². The number of nitrogens with zero attached hydrogens (tertiary/aromatic N) is 2. The van der Waals surface area contributed by atoms with Crippen LogP contribution in [0.25, 0.3) is 6.08 Å². The van der Waals surface area contributed by atoms with Crippen LogP contribution in [0.3, 0.4) is 0 Å². The van der Waals surface area contributed by atoms with Crippen molar-refractivity contribution in [3.63, 3.8) is 0 Å². The van der Waals surface area contributed by atoms with E-state index in [9.17, 15) is 4.79 Å². The molecule has 2 rings (SSSR count). The van der Waals surface area contributed by atoms with Gasteiger partial charge in [-0.05, 0) is 24.1 Å². The third-order valence-corrected chi connectivity index (χ3v) is 3.15. The Labute approximate surface area is 134 Å². The molecule has 0 saturated heterocycles. The quantitative estimate of drug-likeness (QED) is 0.653. The number of nitriles is 1. The summed E-state index contributed by atoms with van der Waals surface area (Å²) in [6.07, 6.45) is 3.51. The molecule has 0 unspecified atom stereocenters. The van der Waals surface area contributed by atoms with E-state index in [2.05, 4.69) is 10.3 Å². The number of carbonyl (C=O) groups excluding carboxylic acids is 1. The van der Waals surface area contributed by atoms with E-state index in [-0.39, 0.29) is 5.57 Å². The minimum absolute atomic E-state index is 0.0177. The van der Waals surface area contributed by atoms with E-state index in [0.29, 0.717) is 24.6 Å². The zero-order valence-electron chi connectivity index (χ0n) is 13.0. The summed E-state index contributed by atoms with van der Waals surface area (Å²) >= 11 is 0. The van der Waals surface area contributed by atoms with Crippen LogP contribution >= 0.6 is 0 Å². The Balaban J connectivity index is 1.90. The molecule has 0 bridgehead atoms. The van der Waals surface area contributed by atoms with Crippen molar-refractivity contribution in [2.45, 2.75) is 13.3 Å². The fraction of sp³-hybridized carbons (Fsp3) is 0.235. The molecule has 1 aromatic carbocycles. The Morgan fingerprint density at radius 2 is 2.17 bits per heavy atom. The molecule has 0 spiro atoms. The molecule has 1 N–H and O–H groups in total. The number of methoxy groups -OCH3 is 1. The van der Waals surface area contributed by atoms with Crippen LogP contribution < -0.4 is 10.1 Å². The molecule has 118 valence electrons. The Morgan fingerprint density at radius 3 is 2.74 bits per heavy atom. The first-order valence-electron chi connectivity index (χ1n) is 7.07. The number of amides is 1. The van der Waals surface area contributed by atoms with Gasteiger partial charge in [0.2, 0.25) is 0 Å². The molecule has 0 radical (unpaired) electrons. The van der Waals surface area contributed by atoms with Gasteiger partial charge in [0, 0.05) is 19.5 Å². The SMILES string of the molecule is COc1ccc(CCNC(=O)/C(C#N)=C\c2cnc(C)o2)cc1. The lowest BCUT2D eigenvalue weighted by molar-refractivity contribution is -0.117. The number of ether oxygens (including phenoxy) is 1. The Bertz CT molecular complexity index is 739. The second-order valence-electron chi connectivity index (χ2n) is 4.81. The van der Waals surface area contributed by atoms with Gasteiger partial charge in [0.1, 0.15) is 23.2 Å². The monoisotopic (exact) mass is 311 g/mol. The molecule has 0 aliphatic heterocycles. The summed E-state index contributed by atoms with van der Waals surface area (Å²) < 4.78 is 10.3. The Morgan fingerprint density at radius 1 is 1.43 bits per heavy atom. The molecule has 0 atom stereocenters. The molecule has 1 amide bonds. The van der Waals surface area contributed by atoms with Gasteiger partial charge in [-0.1, -0.05) is 12.1 Å². The summed E-state index contributed by atoms with van der Waals surface area (Å²) in [5.41, 5.74) is 1.05. The van der Waals surface area contributed by atoms with Crippen LogP contribution in [0.4, 0.5) is 0 Å². The van der Waals surface area contributed by atoms with E-state index in [1.54, 1.807) is 14.0 Å². The minimum Gasteiger partial charge on any atom is -0.497 e.